The second-order valence-corrected chi connectivity index (χ2v) is 10.2. The summed E-state index contributed by atoms with van der Waals surface area (Å²) in [6, 6.07) is 7.41. The number of rotatable bonds is 4. The molecule has 0 unspecified atom stereocenters. The van der Waals surface area contributed by atoms with Gasteiger partial charge in [-0.2, -0.15) is 0 Å². The van der Waals surface area contributed by atoms with E-state index in [1.165, 1.54) is 30.5 Å². The molecule has 1 aromatic heterocycles. The zero-order valence-corrected chi connectivity index (χ0v) is 22.5. The summed E-state index contributed by atoms with van der Waals surface area (Å²) in [5, 5.41) is 3.36. The Morgan fingerprint density at radius 1 is 1.13 bits per heavy atom. The molecule has 4 rings (SSSR count). The van der Waals surface area contributed by atoms with Crippen molar-refractivity contribution in [1.82, 2.24) is 19.8 Å². The molecule has 1 saturated heterocycles. The van der Waals surface area contributed by atoms with Crippen molar-refractivity contribution in [1.29, 1.82) is 0 Å². The Balaban J connectivity index is 1.55. The third kappa shape index (κ3) is 5.99. The Morgan fingerprint density at radius 3 is 2.58 bits per heavy atom. The van der Waals surface area contributed by atoms with Gasteiger partial charge in [0.2, 0.25) is 0 Å². The highest BCUT2D eigenvalue weighted by atomic mass is 35.5. The standard InChI is InChI=1S/C26H29ClFN5O5/c1-15-13-32(24(34)38-26(2,3)4)9-10-33(15)25(35)37-21-11-16-19(12-20(21)36-5)29-14-30-23(16)31-18-8-6-7-17(27)22(18)28/h6-8,11-12,14-15H,9-10,13H2,1-5H3,(H,29,30,31)/t15-/m0/s1. The normalized spacial score (nSPS) is 15.8. The number of nitrogens with one attached hydrogen (secondary N) is 1. The zero-order chi connectivity index (χ0) is 27.6. The second-order valence-electron chi connectivity index (χ2n) is 9.81. The van der Waals surface area contributed by atoms with Gasteiger partial charge in [0, 0.05) is 31.1 Å². The van der Waals surface area contributed by atoms with Crippen LogP contribution in [0.25, 0.3) is 10.9 Å². The maximum atomic E-state index is 14.5. The first kappa shape index (κ1) is 27.2. The molecule has 202 valence electrons. The van der Waals surface area contributed by atoms with Crippen LogP contribution in [0.5, 0.6) is 11.5 Å². The molecule has 3 aromatic rings. The van der Waals surface area contributed by atoms with Gasteiger partial charge in [0.05, 0.1) is 29.4 Å². The van der Waals surface area contributed by atoms with Crippen molar-refractivity contribution < 1.29 is 28.2 Å². The molecule has 12 heteroatoms. The number of ether oxygens (including phenoxy) is 3. The number of benzene rings is 2. The minimum atomic E-state index is -0.624. The highest BCUT2D eigenvalue weighted by molar-refractivity contribution is 6.31. The van der Waals surface area contributed by atoms with E-state index in [4.69, 9.17) is 25.8 Å². The summed E-state index contributed by atoms with van der Waals surface area (Å²) in [7, 11) is 1.45. The van der Waals surface area contributed by atoms with Gasteiger partial charge < -0.3 is 29.3 Å². The molecule has 0 bridgehead atoms. The lowest BCUT2D eigenvalue weighted by molar-refractivity contribution is 0.00782. The van der Waals surface area contributed by atoms with E-state index in [2.05, 4.69) is 15.3 Å². The van der Waals surface area contributed by atoms with Gasteiger partial charge in [0.25, 0.3) is 0 Å². The first-order chi connectivity index (χ1) is 18.0. The fraction of sp³-hybridized carbons (Fsp3) is 0.385. The van der Waals surface area contributed by atoms with Crippen molar-refractivity contribution in [3.05, 3.63) is 47.5 Å². The topological polar surface area (TPSA) is 106 Å². The summed E-state index contributed by atoms with van der Waals surface area (Å²) in [5.41, 5.74) is 0.00314. The van der Waals surface area contributed by atoms with Gasteiger partial charge in [0.15, 0.2) is 17.3 Å². The lowest BCUT2D eigenvalue weighted by Gasteiger charge is -2.39. The van der Waals surface area contributed by atoms with Gasteiger partial charge in [-0.25, -0.2) is 23.9 Å². The largest absolute Gasteiger partial charge is 0.493 e. The lowest BCUT2D eigenvalue weighted by atomic mass is 10.2. The van der Waals surface area contributed by atoms with Crippen molar-refractivity contribution >= 4 is 46.2 Å². The summed E-state index contributed by atoms with van der Waals surface area (Å²) in [6.45, 7) is 8.09. The molecule has 10 nitrogen and oxygen atoms in total. The predicted molar refractivity (Wildman–Crippen MR) is 141 cm³/mol. The molecule has 0 aliphatic carbocycles. The molecule has 1 aliphatic rings. The number of hydrogen-bond donors (Lipinski definition) is 1. The van der Waals surface area contributed by atoms with Crippen LogP contribution in [0.3, 0.4) is 0 Å². The van der Waals surface area contributed by atoms with Crippen LogP contribution in [0, 0.1) is 5.82 Å². The Bertz CT molecular complexity index is 1370. The number of fused-ring (bicyclic) bond motifs is 1. The number of carbonyl (C=O) groups excluding carboxylic acids is 2. The second kappa shape index (κ2) is 10.9. The molecular formula is C26H29ClFN5O5. The summed E-state index contributed by atoms with van der Waals surface area (Å²) >= 11 is 5.91. The Labute approximate surface area is 224 Å². The summed E-state index contributed by atoms with van der Waals surface area (Å²) in [4.78, 5) is 37.2. The van der Waals surface area contributed by atoms with Gasteiger partial charge in [-0.1, -0.05) is 17.7 Å². The van der Waals surface area contributed by atoms with Crippen LogP contribution in [0.1, 0.15) is 27.7 Å². The van der Waals surface area contributed by atoms with Gasteiger partial charge in [-0.3, -0.25) is 0 Å². The van der Waals surface area contributed by atoms with Crippen LogP contribution in [-0.2, 0) is 4.74 Å². The number of hydrogen-bond acceptors (Lipinski definition) is 8. The zero-order valence-electron chi connectivity index (χ0n) is 21.7. The van der Waals surface area contributed by atoms with Crippen LogP contribution < -0.4 is 14.8 Å². The number of carbonyl (C=O) groups is 2. The van der Waals surface area contributed by atoms with E-state index in [9.17, 15) is 14.0 Å². The van der Waals surface area contributed by atoms with E-state index in [-0.39, 0.29) is 40.6 Å². The molecule has 2 amide bonds. The smallest absolute Gasteiger partial charge is 0.415 e. The van der Waals surface area contributed by atoms with E-state index in [0.29, 0.717) is 24.0 Å². The van der Waals surface area contributed by atoms with Crippen LogP contribution in [-0.4, -0.2) is 70.3 Å². The summed E-state index contributed by atoms with van der Waals surface area (Å²) in [6.07, 6.45) is 0.292. The minimum absolute atomic E-state index is 0.0365. The van der Waals surface area contributed by atoms with E-state index in [1.807, 2.05) is 6.92 Å². The van der Waals surface area contributed by atoms with Gasteiger partial charge in [0.1, 0.15) is 17.7 Å². The van der Waals surface area contributed by atoms with Crippen molar-refractivity contribution in [3.8, 4) is 11.5 Å². The third-order valence-electron chi connectivity index (χ3n) is 5.84. The average Bonchev–Trinajstić information content (AvgIpc) is 2.85. The van der Waals surface area contributed by atoms with Crippen LogP contribution in [0.15, 0.2) is 36.7 Å². The molecule has 0 radical (unpaired) electrons. The minimum Gasteiger partial charge on any atom is -0.493 e. The maximum Gasteiger partial charge on any atom is 0.415 e. The summed E-state index contributed by atoms with van der Waals surface area (Å²) in [5.74, 6) is 0.0803. The van der Waals surface area contributed by atoms with Crippen LogP contribution in [0.2, 0.25) is 5.02 Å². The molecule has 0 saturated carbocycles. The Morgan fingerprint density at radius 2 is 1.89 bits per heavy atom. The number of aromatic nitrogens is 2. The maximum absolute atomic E-state index is 14.5. The molecular weight excluding hydrogens is 517 g/mol. The average molecular weight is 546 g/mol. The highest BCUT2D eigenvalue weighted by Crippen LogP contribution is 2.36. The number of halogens is 2. The highest BCUT2D eigenvalue weighted by Gasteiger charge is 2.33. The van der Waals surface area contributed by atoms with Crippen molar-refractivity contribution in [2.24, 2.45) is 0 Å². The van der Waals surface area contributed by atoms with Crippen molar-refractivity contribution in [3.63, 3.8) is 0 Å². The van der Waals surface area contributed by atoms with E-state index >= 15 is 0 Å². The molecule has 0 spiro atoms. The molecule has 2 heterocycles. The van der Waals surface area contributed by atoms with E-state index in [0.717, 1.165) is 0 Å². The van der Waals surface area contributed by atoms with Gasteiger partial charge in [-0.15, -0.1) is 0 Å². The summed E-state index contributed by atoms with van der Waals surface area (Å²) < 4.78 is 31.1. The van der Waals surface area contributed by atoms with Crippen molar-refractivity contribution in [2.45, 2.75) is 39.3 Å². The molecule has 1 aliphatic heterocycles. The van der Waals surface area contributed by atoms with Crippen LogP contribution >= 0.6 is 11.6 Å². The number of piperazine rings is 1. The molecule has 38 heavy (non-hydrogen) atoms. The van der Waals surface area contributed by atoms with Crippen LogP contribution in [0.4, 0.5) is 25.5 Å². The first-order valence-electron chi connectivity index (χ1n) is 12.0. The van der Waals surface area contributed by atoms with E-state index in [1.54, 1.807) is 43.9 Å². The molecule has 1 N–H and O–H groups in total. The molecule has 1 fully saturated rings. The predicted octanol–water partition coefficient (Wildman–Crippen LogP) is 5.61. The molecule has 2 aromatic carbocycles. The Hall–Kier alpha value is -3.86. The SMILES string of the molecule is COc1cc2ncnc(Nc3cccc(Cl)c3F)c2cc1OC(=O)N1CCN(C(=O)OC(C)(C)C)C[C@@H]1C. The lowest BCUT2D eigenvalue weighted by Crippen LogP contribution is -2.56. The van der Waals surface area contributed by atoms with E-state index < -0.39 is 23.6 Å². The first-order valence-corrected chi connectivity index (χ1v) is 12.3. The number of anilines is 2. The van der Waals surface area contributed by atoms with Gasteiger partial charge >= 0.3 is 12.2 Å². The fourth-order valence-corrected chi connectivity index (χ4v) is 4.18. The number of methoxy groups -OCH3 is 1. The number of nitrogens with zero attached hydrogens (tertiary/aromatic N) is 4. The third-order valence-corrected chi connectivity index (χ3v) is 6.13. The fourth-order valence-electron chi connectivity index (χ4n) is 4.00. The van der Waals surface area contributed by atoms with Crippen molar-refractivity contribution in [2.75, 3.05) is 32.1 Å². The number of amides is 2. The quantitative estimate of drug-likeness (QED) is 0.450. The van der Waals surface area contributed by atoms with Gasteiger partial charge in [-0.05, 0) is 45.9 Å². The molecule has 1 atom stereocenters. The monoisotopic (exact) mass is 545 g/mol. The Kier molecular flexibility index (Phi) is 7.77.